The van der Waals surface area contributed by atoms with E-state index < -0.39 is 0 Å². The maximum absolute atomic E-state index is 2.34. The molecule has 2 heterocycles. The summed E-state index contributed by atoms with van der Waals surface area (Å²) in [4.78, 5) is 4.69. The summed E-state index contributed by atoms with van der Waals surface area (Å²) in [6, 6.07) is 79.0. The molecule has 0 aliphatic rings. The van der Waals surface area contributed by atoms with Crippen molar-refractivity contribution in [3.8, 4) is 22.3 Å². The monoisotopic (exact) mass is 770 g/mol. The lowest BCUT2D eigenvalue weighted by molar-refractivity contribution is 1.01. The lowest BCUT2D eigenvalue weighted by Crippen LogP contribution is -2.10. The van der Waals surface area contributed by atoms with Gasteiger partial charge >= 0.3 is 0 Å². The Bertz CT molecular complexity index is 3100. The Balaban J connectivity index is 0.909. The quantitative estimate of drug-likeness (QED) is 0.153. The van der Waals surface area contributed by atoms with Gasteiger partial charge in [0, 0.05) is 80.8 Å². The zero-order chi connectivity index (χ0) is 40.2. The zero-order valence-corrected chi connectivity index (χ0v) is 33.6. The Morgan fingerprint density at radius 3 is 1.03 bits per heavy atom. The Kier molecular flexibility index (Phi) is 8.56. The Labute approximate surface area is 350 Å². The number of fused-ring (bicyclic) bond motifs is 6. The second kappa shape index (κ2) is 14.5. The first-order chi connectivity index (χ1) is 29.6. The van der Waals surface area contributed by atoms with E-state index >= 15 is 0 Å². The van der Waals surface area contributed by atoms with Crippen molar-refractivity contribution in [1.29, 1.82) is 0 Å². The number of aryl methyl sites for hydroxylation is 2. The van der Waals surface area contributed by atoms with Crippen LogP contribution < -0.4 is 9.80 Å². The lowest BCUT2D eigenvalue weighted by Gasteiger charge is -2.26. The summed E-state index contributed by atoms with van der Waals surface area (Å²) in [7, 11) is 4.32. The van der Waals surface area contributed by atoms with Gasteiger partial charge in [0.05, 0.1) is 11.0 Å². The summed E-state index contributed by atoms with van der Waals surface area (Å²) in [5, 5.41) is 5.09. The molecule has 4 nitrogen and oxygen atoms in total. The molecule has 0 radical (unpaired) electrons. The maximum Gasteiger partial charge on any atom is 0.0509 e. The molecule has 0 saturated heterocycles. The van der Waals surface area contributed by atoms with E-state index in [0.29, 0.717) is 0 Å². The van der Waals surface area contributed by atoms with Gasteiger partial charge in [0.1, 0.15) is 0 Å². The predicted octanol–water partition coefficient (Wildman–Crippen LogP) is 15.2. The third-order valence-electron chi connectivity index (χ3n) is 12.1. The third-order valence-corrected chi connectivity index (χ3v) is 12.1. The average Bonchev–Trinajstić information content (AvgIpc) is 3.77. The van der Waals surface area contributed by atoms with Crippen molar-refractivity contribution in [3.05, 3.63) is 218 Å². The topological polar surface area (TPSA) is 16.3 Å². The molecule has 0 aliphatic carbocycles. The van der Waals surface area contributed by atoms with Crippen LogP contribution in [0.4, 0.5) is 34.1 Å². The fourth-order valence-electron chi connectivity index (χ4n) is 9.11. The number of para-hydroxylation sites is 4. The molecule has 0 spiro atoms. The average molecular weight is 771 g/mol. The number of nitrogens with zero attached hydrogens (tertiary/aromatic N) is 4. The van der Waals surface area contributed by atoms with Crippen LogP contribution in [0, 0.1) is 0 Å². The van der Waals surface area contributed by atoms with E-state index in [2.05, 4.69) is 251 Å². The van der Waals surface area contributed by atoms with Gasteiger partial charge in [-0.1, -0.05) is 127 Å². The molecule has 4 heteroatoms. The molecule has 9 aromatic carbocycles. The number of hydrogen-bond donors (Lipinski definition) is 0. The molecule has 0 amide bonds. The third kappa shape index (κ3) is 6.00. The SMILES string of the molecule is Cn1c2ccccc2c2ccc(N(c3ccccc3)c3ccc(-c4cccc(-c5ccc(N(c6ccccc6)c6ccc7c8ccccc8n(C)c7c6)cc5)c4)cc3)cc21. The van der Waals surface area contributed by atoms with Crippen molar-refractivity contribution in [2.24, 2.45) is 14.1 Å². The molecule has 0 bridgehead atoms. The largest absolute Gasteiger partial charge is 0.344 e. The van der Waals surface area contributed by atoms with Crippen LogP contribution in [0.5, 0.6) is 0 Å². The van der Waals surface area contributed by atoms with Crippen LogP contribution in [0.3, 0.4) is 0 Å². The molecule has 0 atom stereocenters. The van der Waals surface area contributed by atoms with Crippen LogP contribution in [0.25, 0.3) is 65.9 Å². The van der Waals surface area contributed by atoms with Crippen LogP contribution >= 0.6 is 0 Å². The highest BCUT2D eigenvalue weighted by atomic mass is 15.1. The van der Waals surface area contributed by atoms with Gasteiger partial charge in [0.15, 0.2) is 0 Å². The minimum Gasteiger partial charge on any atom is -0.344 e. The van der Waals surface area contributed by atoms with Gasteiger partial charge in [-0.3, -0.25) is 0 Å². The Morgan fingerprint density at radius 1 is 0.250 bits per heavy atom. The van der Waals surface area contributed by atoms with Crippen LogP contribution in [-0.2, 0) is 14.1 Å². The zero-order valence-electron chi connectivity index (χ0n) is 33.6. The van der Waals surface area contributed by atoms with Crippen molar-refractivity contribution in [2.45, 2.75) is 0 Å². The summed E-state index contributed by atoms with van der Waals surface area (Å²) in [6.45, 7) is 0. The maximum atomic E-state index is 2.34. The van der Waals surface area contributed by atoms with Crippen molar-refractivity contribution in [3.63, 3.8) is 0 Å². The lowest BCUT2D eigenvalue weighted by atomic mass is 9.98. The summed E-state index contributed by atoms with van der Waals surface area (Å²) >= 11 is 0. The molecule has 0 unspecified atom stereocenters. The van der Waals surface area contributed by atoms with E-state index in [4.69, 9.17) is 0 Å². The van der Waals surface area contributed by atoms with Gasteiger partial charge in [-0.15, -0.1) is 0 Å². The van der Waals surface area contributed by atoms with Crippen molar-refractivity contribution < 1.29 is 0 Å². The van der Waals surface area contributed by atoms with Gasteiger partial charge in [-0.25, -0.2) is 0 Å². The van der Waals surface area contributed by atoms with Crippen LogP contribution in [-0.4, -0.2) is 9.13 Å². The number of hydrogen-bond acceptors (Lipinski definition) is 2. The van der Waals surface area contributed by atoms with Crippen molar-refractivity contribution in [1.82, 2.24) is 9.13 Å². The Morgan fingerprint density at radius 2 is 0.600 bits per heavy atom. The summed E-state index contributed by atoms with van der Waals surface area (Å²) in [6.07, 6.45) is 0. The first-order valence-corrected chi connectivity index (χ1v) is 20.5. The van der Waals surface area contributed by atoms with E-state index in [1.54, 1.807) is 0 Å². The summed E-state index contributed by atoms with van der Waals surface area (Å²) in [5.41, 5.74) is 16.3. The van der Waals surface area contributed by atoms with Crippen LogP contribution in [0.2, 0.25) is 0 Å². The molecule has 0 fully saturated rings. The second-order valence-corrected chi connectivity index (χ2v) is 15.6. The first-order valence-electron chi connectivity index (χ1n) is 20.5. The van der Waals surface area contributed by atoms with Gasteiger partial charge in [0.2, 0.25) is 0 Å². The summed E-state index contributed by atoms with van der Waals surface area (Å²) < 4.78 is 4.60. The molecule has 11 aromatic rings. The second-order valence-electron chi connectivity index (χ2n) is 15.6. The molecule has 60 heavy (non-hydrogen) atoms. The minimum atomic E-state index is 1.11. The van der Waals surface area contributed by atoms with Gasteiger partial charge < -0.3 is 18.9 Å². The number of anilines is 6. The predicted molar refractivity (Wildman–Crippen MR) is 255 cm³/mol. The van der Waals surface area contributed by atoms with E-state index in [0.717, 1.165) is 34.1 Å². The fraction of sp³-hybridized carbons (Fsp3) is 0.0357. The number of aromatic nitrogens is 2. The van der Waals surface area contributed by atoms with Gasteiger partial charge in [0.25, 0.3) is 0 Å². The highest BCUT2D eigenvalue weighted by molar-refractivity contribution is 6.10. The van der Waals surface area contributed by atoms with E-state index in [-0.39, 0.29) is 0 Å². The number of benzene rings is 9. The minimum absolute atomic E-state index is 1.11. The van der Waals surface area contributed by atoms with E-state index in [1.165, 1.54) is 65.9 Å². The van der Waals surface area contributed by atoms with Crippen LogP contribution in [0.15, 0.2) is 218 Å². The molecule has 286 valence electrons. The first kappa shape index (κ1) is 35.4. The van der Waals surface area contributed by atoms with Crippen molar-refractivity contribution in [2.75, 3.05) is 9.80 Å². The van der Waals surface area contributed by atoms with Gasteiger partial charge in [-0.2, -0.15) is 0 Å². The Hall–Kier alpha value is -7.82. The molecule has 0 saturated carbocycles. The molecule has 0 N–H and O–H groups in total. The van der Waals surface area contributed by atoms with E-state index in [1.807, 2.05) is 0 Å². The van der Waals surface area contributed by atoms with Crippen molar-refractivity contribution >= 4 is 77.7 Å². The summed E-state index contributed by atoms with van der Waals surface area (Å²) in [5.74, 6) is 0. The highest BCUT2D eigenvalue weighted by Crippen LogP contribution is 2.41. The molecular weight excluding hydrogens is 729 g/mol. The highest BCUT2D eigenvalue weighted by Gasteiger charge is 2.18. The normalized spacial score (nSPS) is 11.5. The number of rotatable bonds is 8. The molecular formula is C56H42N4. The van der Waals surface area contributed by atoms with Crippen LogP contribution in [0.1, 0.15) is 0 Å². The van der Waals surface area contributed by atoms with Gasteiger partial charge in [-0.05, 0) is 113 Å². The van der Waals surface area contributed by atoms with E-state index in [9.17, 15) is 0 Å². The standard InChI is InChI=1S/C56H42N4/c1-57-53-22-11-9-20-49(53)51-34-32-47(37-55(51)57)59(43-16-5-3-6-17-43)45-28-24-39(25-29-45)41-14-13-15-42(36-41)40-26-30-46(31-27-40)60(44-18-7-4-8-19-44)48-33-35-52-50-21-10-12-23-54(50)58(2)56(52)38-48/h3-38H,1-2H3. The molecule has 0 aliphatic heterocycles. The fourth-order valence-corrected chi connectivity index (χ4v) is 9.11. The smallest absolute Gasteiger partial charge is 0.0509 e. The molecule has 11 rings (SSSR count). The molecule has 2 aromatic heterocycles.